The molecule has 1 N–H and O–H groups in total. The summed E-state index contributed by atoms with van der Waals surface area (Å²) in [6.45, 7) is 1.36. The summed E-state index contributed by atoms with van der Waals surface area (Å²) < 4.78 is 30.2. The molecule has 1 aliphatic heterocycles. The number of anilines is 2. The monoisotopic (exact) mass is 442 g/mol. The number of rotatable bonds is 5. The molecule has 2 fully saturated rings. The smallest absolute Gasteiger partial charge is 0.339 e. The van der Waals surface area contributed by atoms with E-state index >= 15 is 0 Å². The van der Waals surface area contributed by atoms with Crippen LogP contribution in [0.3, 0.4) is 0 Å². The van der Waals surface area contributed by atoms with E-state index in [0.717, 1.165) is 25.7 Å². The summed E-state index contributed by atoms with van der Waals surface area (Å²) in [5, 5.41) is 2.56. The molecule has 3 amide bonds. The zero-order valence-corrected chi connectivity index (χ0v) is 17.7. The number of hydrogen-bond donors (Lipinski definition) is 1. The molecule has 0 spiro atoms. The summed E-state index contributed by atoms with van der Waals surface area (Å²) in [6, 6.07) is 11.4. The molecule has 0 aromatic heterocycles. The molecule has 2 aromatic carbocycles. The summed E-state index contributed by atoms with van der Waals surface area (Å²) in [4.78, 5) is 37.6. The Kier molecular flexibility index (Phi) is 5.53. The third kappa shape index (κ3) is 4.18. The Balaban J connectivity index is 1.49. The fraction of sp³-hybridized carbons (Fsp3) is 0.318. The molecular formula is C22H22N2O6S. The average Bonchev–Trinajstić information content (AvgIpc) is 2.99. The topological polar surface area (TPSA) is 110 Å². The maximum Gasteiger partial charge on any atom is 0.339 e. The van der Waals surface area contributed by atoms with Gasteiger partial charge in [-0.2, -0.15) is 8.42 Å². The first kappa shape index (κ1) is 21.0. The zero-order chi connectivity index (χ0) is 22.2. The van der Waals surface area contributed by atoms with Gasteiger partial charge in [-0.1, -0.05) is 12.8 Å². The summed E-state index contributed by atoms with van der Waals surface area (Å²) in [7, 11) is -4.09. The molecule has 9 heteroatoms. The lowest BCUT2D eigenvalue weighted by Crippen LogP contribution is -2.30. The molecule has 2 aromatic rings. The maximum absolute atomic E-state index is 12.7. The molecule has 2 atom stereocenters. The average molecular weight is 442 g/mol. The predicted molar refractivity (Wildman–Crippen MR) is 113 cm³/mol. The van der Waals surface area contributed by atoms with Crippen molar-refractivity contribution >= 4 is 39.2 Å². The van der Waals surface area contributed by atoms with Gasteiger partial charge in [0.25, 0.3) is 0 Å². The van der Waals surface area contributed by atoms with Crippen molar-refractivity contribution < 1.29 is 27.0 Å². The zero-order valence-electron chi connectivity index (χ0n) is 16.9. The molecule has 1 heterocycles. The highest BCUT2D eigenvalue weighted by Gasteiger charge is 2.48. The fourth-order valence-corrected chi connectivity index (χ4v) is 5.08. The number of carbonyl (C=O) groups is 3. The maximum atomic E-state index is 12.7. The molecule has 0 radical (unpaired) electrons. The molecular weight excluding hydrogens is 420 g/mol. The molecule has 0 unspecified atom stereocenters. The minimum atomic E-state index is -4.09. The highest BCUT2D eigenvalue weighted by atomic mass is 32.2. The van der Waals surface area contributed by atoms with Gasteiger partial charge in [0.2, 0.25) is 17.7 Å². The van der Waals surface area contributed by atoms with E-state index in [1.165, 1.54) is 60.4 Å². The van der Waals surface area contributed by atoms with E-state index in [2.05, 4.69) is 5.32 Å². The Morgan fingerprint density at radius 1 is 0.935 bits per heavy atom. The number of imide groups is 1. The number of nitrogens with one attached hydrogen (secondary N) is 1. The highest BCUT2D eigenvalue weighted by molar-refractivity contribution is 7.87. The van der Waals surface area contributed by atoms with Gasteiger partial charge in [-0.15, -0.1) is 0 Å². The van der Waals surface area contributed by atoms with E-state index in [9.17, 15) is 22.8 Å². The van der Waals surface area contributed by atoms with Crippen LogP contribution in [0.2, 0.25) is 0 Å². The summed E-state index contributed by atoms with van der Waals surface area (Å²) in [5.74, 6) is -1.08. The van der Waals surface area contributed by atoms with Gasteiger partial charge in [0.15, 0.2) is 0 Å². The summed E-state index contributed by atoms with van der Waals surface area (Å²) >= 11 is 0. The molecule has 1 saturated carbocycles. The van der Waals surface area contributed by atoms with Crippen molar-refractivity contribution in [3.63, 3.8) is 0 Å². The van der Waals surface area contributed by atoms with Gasteiger partial charge in [0.1, 0.15) is 10.6 Å². The van der Waals surface area contributed by atoms with Crippen molar-refractivity contribution in [2.24, 2.45) is 11.8 Å². The molecule has 4 rings (SSSR count). The first-order chi connectivity index (χ1) is 14.8. The van der Waals surface area contributed by atoms with Gasteiger partial charge in [-0.3, -0.25) is 19.3 Å². The van der Waals surface area contributed by atoms with Gasteiger partial charge in [-0.05, 0) is 61.4 Å². The van der Waals surface area contributed by atoms with Crippen LogP contribution >= 0.6 is 0 Å². The van der Waals surface area contributed by atoms with Crippen LogP contribution in [0.5, 0.6) is 5.75 Å². The van der Waals surface area contributed by atoms with Crippen LogP contribution in [-0.2, 0) is 24.5 Å². The van der Waals surface area contributed by atoms with Crippen molar-refractivity contribution in [2.75, 3.05) is 10.2 Å². The van der Waals surface area contributed by atoms with Crippen LogP contribution in [0.1, 0.15) is 32.6 Å². The lowest BCUT2D eigenvalue weighted by atomic mass is 9.81. The molecule has 8 nitrogen and oxygen atoms in total. The van der Waals surface area contributed by atoms with Crippen LogP contribution < -0.4 is 14.4 Å². The lowest BCUT2D eigenvalue weighted by Gasteiger charge is -2.19. The molecule has 2 aliphatic rings. The number of benzene rings is 2. The fourth-order valence-electron chi connectivity index (χ4n) is 4.15. The van der Waals surface area contributed by atoms with Crippen molar-refractivity contribution in [2.45, 2.75) is 37.5 Å². The van der Waals surface area contributed by atoms with E-state index in [1.807, 2.05) is 0 Å². The second-order valence-corrected chi connectivity index (χ2v) is 9.29. The molecule has 1 saturated heterocycles. The Hall–Kier alpha value is -3.20. The largest absolute Gasteiger partial charge is 0.379 e. The first-order valence-corrected chi connectivity index (χ1v) is 11.5. The summed E-state index contributed by atoms with van der Waals surface area (Å²) in [6.07, 6.45) is 3.35. The number of carbonyl (C=O) groups excluding carboxylic acids is 3. The molecule has 0 bridgehead atoms. The first-order valence-electron chi connectivity index (χ1n) is 10.1. The normalized spacial score (nSPS) is 21.0. The van der Waals surface area contributed by atoms with Gasteiger partial charge in [0.05, 0.1) is 17.5 Å². The van der Waals surface area contributed by atoms with Gasteiger partial charge in [-0.25, -0.2) is 0 Å². The Morgan fingerprint density at radius 3 is 2.00 bits per heavy atom. The molecule has 31 heavy (non-hydrogen) atoms. The van der Waals surface area contributed by atoms with Gasteiger partial charge >= 0.3 is 10.1 Å². The standard InChI is InChI=1S/C22H22N2O6S/c1-14(25)23-15-6-12-18(13-7-15)31(28,29)30-17-10-8-16(9-11-17)24-21(26)19-4-2-3-5-20(19)22(24)27/h6-13,19-20H,2-5H2,1H3,(H,23,25)/t19-,20+. The van der Waals surface area contributed by atoms with Crippen LogP contribution in [0.15, 0.2) is 53.4 Å². The molecule has 162 valence electrons. The number of hydrogen-bond acceptors (Lipinski definition) is 6. The Labute approximate surface area is 180 Å². The number of amides is 3. The Bertz CT molecular complexity index is 1100. The number of nitrogens with zero attached hydrogens (tertiary/aromatic N) is 1. The second kappa shape index (κ2) is 8.14. The van der Waals surface area contributed by atoms with Crippen molar-refractivity contribution in [1.29, 1.82) is 0 Å². The van der Waals surface area contributed by atoms with Crippen LogP contribution in [0, 0.1) is 11.8 Å². The third-order valence-corrected chi connectivity index (χ3v) is 6.87. The quantitative estimate of drug-likeness (QED) is 0.563. The summed E-state index contributed by atoms with van der Waals surface area (Å²) in [5.41, 5.74) is 0.880. The van der Waals surface area contributed by atoms with Crippen molar-refractivity contribution in [3.05, 3.63) is 48.5 Å². The minimum Gasteiger partial charge on any atom is -0.379 e. The Morgan fingerprint density at radius 2 is 1.48 bits per heavy atom. The van der Waals surface area contributed by atoms with Crippen molar-refractivity contribution in [3.8, 4) is 5.75 Å². The second-order valence-electron chi connectivity index (χ2n) is 7.75. The van der Waals surface area contributed by atoms with E-state index in [4.69, 9.17) is 4.18 Å². The van der Waals surface area contributed by atoms with E-state index in [-0.39, 0.29) is 40.2 Å². The predicted octanol–water partition coefficient (Wildman–Crippen LogP) is 3.09. The van der Waals surface area contributed by atoms with Crippen LogP contribution in [-0.4, -0.2) is 26.1 Å². The SMILES string of the molecule is CC(=O)Nc1ccc(S(=O)(=O)Oc2ccc(N3C(=O)[C@H]4CCCC[C@H]4C3=O)cc2)cc1. The van der Waals surface area contributed by atoms with Crippen LogP contribution in [0.25, 0.3) is 0 Å². The van der Waals surface area contributed by atoms with Gasteiger partial charge in [0, 0.05) is 12.6 Å². The number of fused-ring (bicyclic) bond motifs is 1. The van der Waals surface area contributed by atoms with E-state index < -0.39 is 10.1 Å². The minimum absolute atomic E-state index is 0.0613. The van der Waals surface area contributed by atoms with Crippen LogP contribution in [0.4, 0.5) is 11.4 Å². The van der Waals surface area contributed by atoms with Crippen molar-refractivity contribution in [1.82, 2.24) is 0 Å². The lowest BCUT2D eigenvalue weighted by molar-refractivity contribution is -0.122. The van der Waals surface area contributed by atoms with E-state index in [0.29, 0.717) is 11.4 Å². The molecule has 1 aliphatic carbocycles. The third-order valence-electron chi connectivity index (χ3n) is 5.61. The van der Waals surface area contributed by atoms with E-state index in [1.54, 1.807) is 0 Å². The highest BCUT2D eigenvalue weighted by Crippen LogP contribution is 2.40. The van der Waals surface area contributed by atoms with Gasteiger partial charge < -0.3 is 9.50 Å².